The average Bonchev–Trinajstić information content (AvgIpc) is 4.04. The van der Waals surface area contributed by atoms with Gasteiger partial charge < -0.3 is 29.4 Å². The van der Waals surface area contributed by atoms with Gasteiger partial charge in [0.1, 0.15) is 10.0 Å². The van der Waals surface area contributed by atoms with Crippen LogP contribution in [0.4, 0.5) is 85.3 Å². The Morgan fingerprint density at radius 2 is 0.609 bits per heavy atom. The van der Waals surface area contributed by atoms with E-state index in [1.165, 1.54) is 0 Å². The Bertz CT molecular complexity index is 3670. The molecule has 5 heterocycles. The molecule has 14 rings (SSSR count). The summed E-state index contributed by atoms with van der Waals surface area (Å²) >= 11 is 3.47. The molecule has 0 aliphatic carbocycles. The van der Waals surface area contributed by atoms with Gasteiger partial charge in [-0.05, 0) is 103 Å². The van der Waals surface area contributed by atoms with Gasteiger partial charge in [0, 0.05) is 32.3 Å². The van der Waals surface area contributed by atoms with Crippen LogP contribution in [-0.2, 0) is 0 Å². The summed E-state index contributed by atoms with van der Waals surface area (Å²) in [6.07, 6.45) is 0. The minimum atomic E-state index is 0.914. The first-order chi connectivity index (χ1) is 34.0. The van der Waals surface area contributed by atoms with Crippen LogP contribution in [0.25, 0.3) is 41.6 Å². The molecule has 0 unspecified atom stereocenters. The third kappa shape index (κ3) is 5.86. The van der Waals surface area contributed by atoms with E-state index in [9.17, 15) is 0 Å². The van der Waals surface area contributed by atoms with Gasteiger partial charge in [-0.25, -0.2) is 9.97 Å². The van der Waals surface area contributed by atoms with E-state index in [4.69, 9.17) is 9.97 Å². The van der Waals surface area contributed by atoms with Crippen molar-refractivity contribution in [2.24, 2.45) is 0 Å². The number of thiazole rings is 2. The van der Waals surface area contributed by atoms with Crippen molar-refractivity contribution in [2.45, 2.75) is 0 Å². The Hall–Kier alpha value is -8.44. The van der Waals surface area contributed by atoms with Gasteiger partial charge in [-0.1, -0.05) is 97.1 Å². The molecular formula is C59H42N8S2. The molecule has 330 valence electrons. The van der Waals surface area contributed by atoms with Crippen LogP contribution in [0.5, 0.6) is 0 Å². The molecule has 2 aromatic heterocycles. The summed E-state index contributed by atoms with van der Waals surface area (Å²) in [5, 5.41) is 1.84. The molecule has 0 N–H and O–H groups in total. The zero-order valence-corrected chi connectivity index (χ0v) is 39.6. The minimum absolute atomic E-state index is 0.914. The van der Waals surface area contributed by atoms with Gasteiger partial charge in [0.15, 0.2) is 0 Å². The van der Waals surface area contributed by atoms with Crippen molar-refractivity contribution >= 4 is 128 Å². The molecule has 8 nitrogen and oxygen atoms in total. The summed E-state index contributed by atoms with van der Waals surface area (Å²) < 4.78 is 2.25. The van der Waals surface area contributed by atoms with E-state index in [0.29, 0.717) is 0 Å². The summed E-state index contributed by atoms with van der Waals surface area (Å²) in [7, 11) is 6.53. The van der Waals surface area contributed by atoms with Gasteiger partial charge in [-0.15, -0.1) is 22.7 Å². The Morgan fingerprint density at radius 3 is 1.00 bits per heavy atom. The van der Waals surface area contributed by atoms with Crippen LogP contribution < -0.4 is 29.4 Å². The van der Waals surface area contributed by atoms with E-state index in [0.717, 1.165) is 127 Å². The second kappa shape index (κ2) is 15.3. The van der Waals surface area contributed by atoms with E-state index in [2.05, 4.69) is 251 Å². The van der Waals surface area contributed by atoms with Crippen LogP contribution in [0, 0.1) is 0 Å². The highest BCUT2D eigenvalue weighted by Gasteiger charge is 2.41. The zero-order valence-electron chi connectivity index (χ0n) is 37.9. The molecule has 3 aliphatic heterocycles. The van der Waals surface area contributed by atoms with Crippen molar-refractivity contribution in [3.8, 4) is 21.1 Å². The summed E-state index contributed by atoms with van der Waals surface area (Å²) in [6, 6.07) is 72.3. The van der Waals surface area contributed by atoms with Crippen molar-refractivity contribution in [1.82, 2.24) is 9.97 Å². The van der Waals surface area contributed by atoms with E-state index in [1.807, 2.05) is 0 Å². The number of nitrogens with zero attached hydrogens (tertiary/aromatic N) is 8. The van der Waals surface area contributed by atoms with Crippen LogP contribution in [0.2, 0.25) is 0 Å². The van der Waals surface area contributed by atoms with E-state index >= 15 is 0 Å². The SMILES string of the molecule is CN1c2ccccc2N(c2cc(-c3nc4ccccc4s3)c(-c3nc4ccccc4s3)c(N3c4ccccc4N(C)c4ccccc43)c2N2c3ccccc3N(C)c3ccccc32)c2ccccc21. The first-order valence-electron chi connectivity index (χ1n) is 23.1. The van der Waals surface area contributed by atoms with Crippen LogP contribution in [0.3, 0.4) is 0 Å². The molecule has 3 aliphatic rings. The fourth-order valence-electron chi connectivity index (χ4n) is 10.7. The number of fused-ring (bicyclic) bond motifs is 8. The Kier molecular flexibility index (Phi) is 8.80. The molecule has 0 radical (unpaired) electrons. The van der Waals surface area contributed by atoms with Crippen LogP contribution >= 0.6 is 22.7 Å². The number of rotatable bonds is 5. The standard InChI is InChI=1S/C59H42N8S2/c1-62-40-22-6-12-28-46(40)65(47-29-13-7-23-41(47)62)52-36-37(58-60-38-20-4-18-34-53(38)68-58)55(59-61-39-21-5-19-35-54(39)69-59)57(67-50-32-16-10-26-44(50)64(3)45-27-11-17-33-51(45)67)56(52)66-48-30-14-8-24-42(48)63(2)43-25-9-15-31-49(43)66/h4-36H,1-3H3. The second-order valence-corrected chi connectivity index (χ2v) is 19.7. The number of aromatic nitrogens is 2. The van der Waals surface area contributed by atoms with Crippen molar-refractivity contribution in [3.05, 3.63) is 200 Å². The fourth-order valence-corrected chi connectivity index (χ4v) is 12.8. The van der Waals surface area contributed by atoms with Crippen LogP contribution in [0.1, 0.15) is 0 Å². The molecule has 0 atom stereocenters. The van der Waals surface area contributed by atoms with Gasteiger partial charge in [-0.3, -0.25) is 0 Å². The lowest BCUT2D eigenvalue weighted by molar-refractivity contribution is 1.09. The number of hydrogen-bond acceptors (Lipinski definition) is 10. The van der Waals surface area contributed by atoms with Crippen LogP contribution in [-0.4, -0.2) is 31.1 Å². The number of para-hydroxylation sites is 14. The lowest BCUT2D eigenvalue weighted by Gasteiger charge is -2.46. The predicted octanol–water partition coefficient (Wildman–Crippen LogP) is 16.9. The maximum atomic E-state index is 5.63. The molecule has 0 saturated heterocycles. The summed E-state index contributed by atoms with van der Waals surface area (Å²) in [5.41, 5.74) is 19.9. The lowest BCUT2D eigenvalue weighted by atomic mass is 9.94. The molecule has 9 aromatic carbocycles. The molecular weight excluding hydrogens is 885 g/mol. The number of hydrogen-bond donors (Lipinski definition) is 0. The normalized spacial score (nSPS) is 13.6. The monoisotopic (exact) mass is 926 g/mol. The molecule has 0 fully saturated rings. The highest BCUT2D eigenvalue weighted by atomic mass is 32.1. The fraction of sp³-hybridized carbons (Fsp3) is 0.0508. The van der Waals surface area contributed by atoms with Crippen molar-refractivity contribution in [2.75, 3.05) is 50.5 Å². The molecule has 0 amide bonds. The molecule has 11 aromatic rings. The van der Waals surface area contributed by atoms with E-state index in [1.54, 1.807) is 22.7 Å². The Labute approximate surface area is 408 Å². The smallest absolute Gasteiger partial charge is 0.127 e. The number of anilines is 15. The molecule has 69 heavy (non-hydrogen) atoms. The first-order valence-corrected chi connectivity index (χ1v) is 24.7. The Morgan fingerprint density at radius 1 is 0.304 bits per heavy atom. The van der Waals surface area contributed by atoms with Gasteiger partial charge >= 0.3 is 0 Å². The number of benzene rings is 9. The predicted molar refractivity (Wildman–Crippen MR) is 292 cm³/mol. The Balaban J connectivity index is 1.25. The maximum Gasteiger partial charge on any atom is 0.127 e. The highest BCUT2D eigenvalue weighted by Crippen LogP contribution is 2.66. The van der Waals surface area contributed by atoms with E-state index in [-0.39, 0.29) is 0 Å². The van der Waals surface area contributed by atoms with Crippen molar-refractivity contribution < 1.29 is 0 Å². The third-order valence-electron chi connectivity index (χ3n) is 13.9. The van der Waals surface area contributed by atoms with Crippen molar-refractivity contribution in [3.63, 3.8) is 0 Å². The van der Waals surface area contributed by atoms with Gasteiger partial charge in [0.05, 0.1) is 106 Å². The average molecular weight is 927 g/mol. The van der Waals surface area contributed by atoms with Gasteiger partial charge in [-0.2, -0.15) is 0 Å². The van der Waals surface area contributed by atoms with Crippen molar-refractivity contribution in [1.29, 1.82) is 0 Å². The summed E-state index contributed by atoms with van der Waals surface area (Å²) in [4.78, 5) is 25.7. The third-order valence-corrected chi connectivity index (χ3v) is 16.0. The summed E-state index contributed by atoms with van der Waals surface area (Å²) in [5.74, 6) is 0. The molecule has 0 bridgehead atoms. The van der Waals surface area contributed by atoms with Gasteiger partial charge in [0.2, 0.25) is 0 Å². The molecule has 10 heteroatoms. The molecule has 0 saturated carbocycles. The summed E-state index contributed by atoms with van der Waals surface area (Å²) in [6.45, 7) is 0. The zero-order chi connectivity index (χ0) is 45.9. The highest BCUT2D eigenvalue weighted by molar-refractivity contribution is 7.22. The first kappa shape index (κ1) is 39.7. The van der Waals surface area contributed by atoms with Crippen LogP contribution in [0.15, 0.2) is 200 Å². The second-order valence-electron chi connectivity index (χ2n) is 17.6. The topological polar surface area (TPSA) is 45.2 Å². The van der Waals surface area contributed by atoms with E-state index < -0.39 is 0 Å². The minimum Gasteiger partial charge on any atom is -0.341 e. The maximum absolute atomic E-state index is 5.63. The van der Waals surface area contributed by atoms with Gasteiger partial charge in [0.25, 0.3) is 0 Å². The molecule has 0 spiro atoms. The largest absolute Gasteiger partial charge is 0.341 e. The lowest BCUT2D eigenvalue weighted by Crippen LogP contribution is -2.30. The quantitative estimate of drug-likeness (QED) is 0.169.